The van der Waals surface area contributed by atoms with Gasteiger partial charge in [0.25, 0.3) is 0 Å². The summed E-state index contributed by atoms with van der Waals surface area (Å²) in [5, 5.41) is 10.3. The Kier molecular flexibility index (Phi) is 3.66. The Morgan fingerprint density at radius 1 is 1.40 bits per heavy atom. The highest BCUT2D eigenvalue weighted by molar-refractivity contribution is 5.73. The summed E-state index contributed by atoms with van der Waals surface area (Å²) in [4.78, 5) is 11.7. The van der Waals surface area contributed by atoms with Gasteiger partial charge in [-0.3, -0.25) is 4.57 Å². The number of benzene rings is 1. The molecule has 1 aromatic heterocycles. The van der Waals surface area contributed by atoms with Crippen molar-refractivity contribution in [2.45, 2.75) is 51.7 Å². The van der Waals surface area contributed by atoms with Crippen LogP contribution in [0.2, 0.25) is 0 Å². The number of nitrogens with zero attached hydrogens (tertiary/aromatic N) is 1. The second-order valence-corrected chi connectivity index (χ2v) is 5.74. The Morgan fingerprint density at radius 2 is 2.15 bits per heavy atom. The zero-order chi connectivity index (χ0) is 14.1. The van der Waals surface area contributed by atoms with E-state index >= 15 is 0 Å². The molecule has 3 rings (SSSR count). The van der Waals surface area contributed by atoms with Crippen LogP contribution in [0.5, 0.6) is 0 Å². The molecule has 0 amide bonds. The first-order valence-electron chi connectivity index (χ1n) is 7.50. The van der Waals surface area contributed by atoms with Crippen molar-refractivity contribution in [1.29, 1.82) is 0 Å². The van der Waals surface area contributed by atoms with Crippen LogP contribution in [0.15, 0.2) is 27.4 Å². The van der Waals surface area contributed by atoms with Crippen molar-refractivity contribution in [2.24, 2.45) is 5.92 Å². The van der Waals surface area contributed by atoms with Gasteiger partial charge in [-0.1, -0.05) is 31.7 Å². The van der Waals surface area contributed by atoms with E-state index in [1.165, 1.54) is 25.7 Å². The lowest BCUT2D eigenvalue weighted by Gasteiger charge is -2.15. The molecule has 1 aromatic carbocycles. The van der Waals surface area contributed by atoms with Crippen molar-refractivity contribution in [3.05, 3.63) is 34.3 Å². The average Bonchev–Trinajstić information content (AvgIpc) is 3.04. The summed E-state index contributed by atoms with van der Waals surface area (Å²) in [6.45, 7) is 2.51. The van der Waals surface area contributed by atoms with Crippen molar-refractivity contribution in [2.75, 3.05) is 0 Å². The standard InChI is InChI=1S/C16H21NO3/c1-2-17-13-8-7-12(10-15(13)20-16(17)19)14(18)9-11-5-3-4-6-11/h7-8,10-11,14,18H,2-6,9H2,1H3. The molecule has 1 N–H and O–H groups in total. The number of oxazole rings is 1. The highest BCUT2D eigenvalue weighted by Gasteiger charge is 2.20. The van der Waals surface area contributed by atoms with E-state index in [0.717, 1.165) is 17.5 Å². The molecule has 4 heteroatoms. The molecular weight excluding hydrogens is 254 g/mol. The number of rotatable bonds is 4. The Bertz CT molecular complexity index is 649. The smallest absolute Gasteiger partial charge is 0.408 e. The quantitative estimate of drug-likeness (QED) is 0.932. The molecule has 0 aliphatic heterocycles. The lowest BCUT2D eigenvalue weighted by atomic mass is 9.95. The summed E-state index contributed by atoms with van der Waals surface area (Å²) in [5.74, 6) is 0.304. The summed E-state index contributed by atoms with van der Waals surface area (Å²) in [5.41, 5.74) is 2.22. The van der Waals surface area contributed by atoms with Gasteiger partial charge < -0.3 is 9.52 Å². The van der Waals surface area contributed by atoms with E-state index in [-0.39, 0.29) is 5.76 Å². The van der Waals surface area contributed by atoms with E-state index in [4.69, 9.17) is 4.42 Å². The highest BCUT2D eigenvalue weighted by Crippen LogP contribution is 2.33. The maximum atomic E-state index is 11.7. The molecule has 1 heterocycles. The van der Waals surface area contributed by atoms with Gasteiger partial charge in [0.05, 0.1) is 11.6 Å². The van der Waals surface area contributed by atoms with Crippen LogP contribution in [-0.4, -0.2) is 9.67 Å². The summed E-state index contributed by atoms with van der Waals surface area (Å²) in [6, 6.07) is 5.59. The van der Waals surface area contributed by atoms with Gasteiger partial charge in [0.1, 0.15) is 0 Å². The molecule has 108 valence electrons. The van der Waals surface area contributed by atoms with Crippen LogP contribution < -0.4 is 5.76 Å². The number of aryl methyl sites for hydroxylation is 1. The minimum absolute atomic E-state index is 0.329. The van der Waals surface area contributed by atoms with Crippen molar-refractivity contribution in [3.8, 4) is 0 Å². The molecule has 1 aliphatic carbocycles. The fourth-order valence-corrected chi connectivity index (χ4v) is 3.29. The summed E-state index contributed by atoms with van der Waals surface area (Å²) >= 11 is 0. The maximum absolute atomic E-state index is 11.7. The van der Waals surface area contributed by atoms with Crippen LogP contribution in [-0.2, 0) is 6.54 Å². The van der Waals surface area contributed by atoms with E-state index in [1.54, 1.807) is 4.57 Å². The molecule has 1 unspecified atom stereocenters. The van der Waals surface area contributed by atoms with Crippen LogP contribution in [0.3, 0.4) is 0 Å². The van der Waals surface area contributed by atoms with Gasteiger partial charge >= 0.3 is 5.76 Å². The molecule has 0 radical (unpaired) electrons. The number of aromatic nitrogens is 1. The first-order valence-corrected chi connectivity index (χ1v) is 7.50. The second-order valence-electron chi connectivity index (χ2n) is 5.74. The second kappa shape index (κ2) is 5.44. The van der Waals surface area contributed by atoms with Crippen LogP contribution in [0.25, 0.3) is 11.1 Å². The minimum Gasteiger partial charge on any atom is -0.408 e. The minimum atomic E-state index is -0.460. The van der Waals surface area contributed by atoms with Gasteiger partial charge in [0.15, 0.2) is 5.58 Å². The molecular formula is C16H21NO3. The molecule has 0 spiro atoms. The first-order chi connectivity index (χ1) is 9.69. The van der Waals surface area contributed by atoms with Crippen LogP contribution in [0, 0.1) is 5.92 Å². The lowest BCUT2D eigenvalue weighted by Crippen LogP contribution is -2.11. The number of aliphatic hydroxyl groups excluding tert-OH is 1. The van der Waals surface area contributed by atoms with Gasteiger partial charge in [0.2, 0.25) is 0 Å². The summed E-state index contributed by atoms with van der Waals surface area (Å²) in [7, 11) is 0. The Labute approximate surface area is 118 Å². The molecule has 4 nitrogen and oxygen atoms in total. The van der Waals surface area contributed by atoms with Crippen molar-refractivity contribution >= 4 is 11.1 Å². The molecule has 1 atom stereocenters. The highest BCUT2D eigenvalue weighted by atomic mass is 16.4. The third kappa shape index (κ3) is 2.40. The van der Waals surface area contributed by atoms with Crippen LogP contribution >= 0.6 is 0 Å². The first kappa shape index (κ1) is 13.4. The fourth-order valence-electron chi connectivity index (χ4n) is 3.29. The maximum Gasteiger partial charge on any atom is 0.419 e. The van der Waals surface area contributed by atoms with E-state index < -0.39 is 6.10 Å². The van der Waals surface area contributed by atoms with Crippen molar-refractivity contribution < 1.29 is 9.52 Å². The Balaban J connectivity index is 1.86. The lowest BCUT2D eigenvalue weighted by molar-refractivity contribution is 0.145. The van der Waals surface area contributed by atoms with Gasteiger partial charge in [-0.05, 0) is 37.0 Å². The summed E-state index contributed by atoms with van der Waals surface area (Å²) in [6.07, 6.45) is 5.36. The zero-order valence-electron chi connectivity index (χ0n) is 11.8. The monoisotopic (exact) mass is 275 g/mol. The predicted octanol–water partition coefficient (Wildman–Crippen LogP) is 3.23. The van der Waals surface area contributed by atoms with Crippen molar-refractivity contribution in [3.63, 3.8) is 0 Å². The van der Waals surface area contributed by atoms with E-state index in [2.05, 4.69) is 0 Å². The largest absolute Gasteiger partial charge is 0.419 e. The van der Waals surface area contributed by atoms with Gasteiger partial charge in [-0.2, -0.15) is 0 Å². The van der Waals surface area contributed by atoms with Gasteiger partial charge in [0, 0.05) is 6.54 Å². The SMILES string of the molecule is CCn1c(=O)oc2cc(C(O)CC3CCCC3)ccc21. The molecule has 20 heavy (non-hydrogen) atoms. The zero-order valence-corrected chi connectivity index (χ0v) is 11.8. The fraction of sp³-hybridized carbons (Fsp3) is 0.562. The van der Waals surface area contributed by atoms with E-state index in [1.807, 2.05) is 25.1 Å². The third-order valence-electron chi connectivity index (χ3n) is 4.42. The Morgan fingerprint density at radius 3 is 2.85 bits per heavy atom. The molecule has 1 fully saturated rings. The Hall–Kier alpha value is -1.55. The van der Waals surface area contributed by atoms with Gasteiger partial charge in [-0.25, -0.2) is 4.79 Å². The number of hydrogen-bond acceptors (Lipinski definition) is 3. The molecule has 0 bridgehead atoms. The molecule has 2 aromatic rings. The number of fused-ring (bicyclic) bond motifs is 1. The normalized spacial score (nSPS) is 17.9. The summed E-state index contributed by atoms with van der Waals surface area (Å²) < 4.78 is 6.85. The molecule has 1 saturated carbocycles. The predicted molar refractivity (Wildman–Crippen MR) is 77.7 cm³/mol. The number of aliphatic hydroxyl groups is 1. The molecule has 1 aliphatic rings. The average molecular weight is 275 g/mol. The number of hydrogen-bond donors (Lipinski definition) is 1. The van der Waals surface area contributed by atoms with E-state index in [0.29, 0.717) is 18.0 Å². The van der Waals surface area contributed by atoms with Crippen LogP contribution in [0.1, 0.15) is 50.7 Å². The molecule has 0 saturated heterocycles. The third-order valence-corrected chi connectivity index (χ3v) is 4.42. The van der Waals surface area contributed by atoms with Gasteiger partial charge in [-0.15, -0.1) is 0 Å². The van der Waals surface area contributed by atoms with Crippen molar-refractivity contribution in [1.82, 2.24) is 4.57 Å². The van der Waals surface area contributed by atoms with E-state index in [9.17, 15) is 9.90 Å². The topological polar surface area (TPSA) is 55.4 Å². The van der Waals surface area contributed by atoms with Crippen LogP contribution in [0.4, 0.5) is 0 Å².